The smallest absolute Gasteiger partial charge is 0.243 e. The summed E-state index contributed by atoms with van der Waals surface area (Å²) in [6, 6.07) is 10.9. The number of pyridine rings is 1. The van der Waals surface area contributed by atoms with Gasteiger partial charge in [0, 0.05) is 12.6 Å². The molecule has 3 rings (SSSR count). The van der Waals surface area contributed by atoms with E-state index in [4.69, 9.17) is 9.47 Å². The molecule has 1 atom stereocenters. The van der Waals surface area contributed by atoms with Crippen LogP contribution in [0.2, 0.25) is 0 Å². The highest BCUT2D eigenvalue weighted by molar-refractivity contribution is 5.94. The Morgan fingerprint density at radius 1 is 1.30 bits per heavy atom. The maximum Gasteiger partial charge on any atom is 0.243 e. The van der Waals surface area contributed by atoms with Crippen molar-refractivity contribution in [2.75, 3.05) is 25.1 Å². The van der Waals surface area contributed by atoms with E-state index in [1.165, 1.54) is 5.56 Å². The highest BCUT2D eigenvalue weighted by atomic mass is 16.5. The number of aromatic nitrogens is 1. The number of hydrogen-bond acceptors (Lipinski definition) is 5. The van der Waals surface area contributed by atoms with Gasteiger partial charge < -0.3 is 20.1 Å². The van der Waals surface area contributed by atoms with Crippen molar-refractivity contribution in [3.63, 3.8) is 0 Å². The maximum absolute atomic E-state index is 12.1. The van der Waals surface area contributed by atoms with Crippen LogP contribution in [0, 0.1) is 6.92 Å². The molecule has 0 spiro atoms. The first-order valence-electron chi connectivity index (χ1n) is 7.53. The second-order valence-electron chi connectivity index (χ2n) is 5.37. The number of hydrogen-bond donors (Lipinski definition) is 2. The number of rotatable bonds is 4. The minimum Gasteiger partial charge on any atom is -0.439 e. The Balaban J connectivity index is 1.58. The Hall–Kier alpha value is -2.44. The van der Waals surface area contributed by atoms with Crippen LogP contribution < -0.4 is 15.4 Å². The zero-order valence-corrected chi connectivity index (χ0v) is 12.9. The molecule has 0 radical (unpaired) electrons. The Bertz CT molecular complexity index is 650. The van der Waals surface area contributed by atoms with Crippen LogP contribution in [-0.2, 0) is 9.53 Å². The average Bonchev–Trinajstić information content (AvgIpc) is 2.59. The van der Waals surface area contributed by atoms with Gasteiger partial charge in [-0.3, -0.25) is 4.79 Å². The van der Waals surface area contributed by atoms with E-state index in [-0.39, 0.29) is 11.9 Å². The number of anilines is 1. The molecule has 2 aromatic rings. The van der Waals surface area contributed by atoms with E-state index in [9.17, 15) is 4.79 Å². The molecular formula is C17H19N3O3. The van der Waals surface area contributed by atoms with Crippen LogP contribution in [0.25, 0.3) is 0 Å². The van der Waals surface area contributed by atoms with Crippen molar-refractivity contribution in [1.82, 2.24) is 10.3 Å². The van der Waals surface area contributed by atoms with E-state index >= 15 is 0 Å². The number of nitrogens with zero attached hydrogens (tertiary/aromatic N) is 1. The molecule has 0 aliphatic carbocycles. The minimum absolute atomic E-state index is 0.126. The first kappa shape index (κ1) is 15.5. The van der Waals surface area contributed by atoms with Gasteiger partial charge in [0.15, 0.2) is 0 Å². The third-order valence-electron chi connectivity index (χ3n) is 3.49. The minimum atomic E-state index is -0.327. The van der Waals surface area contributed by atoms with Gasteiger partial charge in [-0.2, -0.15) is 0 Å². The molecule has 1 aliphatic rings. The SMILES string of the molecule is Cc1ccc(Oc2ccc(NC(=O)C3COCCN3)cn2)cc1. The van der Waals surface area contributed by atoms with Crippen molar-refractivity contribution in [2.24, 2.45) is 0 Å². The largest absolute Gasteiger partial charge is 0.439 e. The monoisotopic (exact) mass is 313 g/mol. The van der Waals surface area contributed by atoms with E-state index in [1.54, 1.807) is 18.3 Å². The molecule has 2 N–H and O–H groups in total. The first-order valence-corrected chi connectivity index (χ1v) is 7.53. The fraction of sp³-hybridized carbons (Fsp3) is 0.294. The Kier molecular flexibility index (Phi) is 4.85. The van der Waals surface area contributed by atoms with Crippen LogP contribution in [0.15, 0.2) is 42.6 Å². The van der Waals surface area contributed by atoms with E-state index in [2.05, 4.69) is 15.6 Å². The predicted octanol–water partition coefficient (Wildman–Crippen LogP) is 2.11. The summed E-state index contributed by atoms with van der Waals surface area (Å²) in [6.07, 6.45) is 1.57. The molecule has 6 nitrogen and oxygen atoms in total. The fourth-order valence-corrected chi connectivity index (χ4v) is 2.20. The van der Waals surface area contributed by atoms with E-state index in [1.807, 2.05) is 31.2 Å². The molecule has 1 saturated heterocycles. The summed E-state index contributed by atoms with van der Waals surface area (Å²) in [5, 5.41) is 5.92. The number of ether oxygens (including phenoxy) is 2. The second-order valence-corrected chi connectivity index (χ2v) is 5.37. The van der Waals surface area contributed by atoms with Crippen LogP contribution in [0.3, 0.4) is 0 Å². The maximum atomic E-state index is 12.1. The number of morpholine rings is 1. The highest BCUT2D eigenvalue weighted by Gasteiger charge is 2.21. The zero-order chi connectivity index (χ0) is 16.1. The standard InChI is InChI=1S/C17H19N3O3/c1-12-2-5-14(6-3-12)23-16-7-4-13(10-19-16)20-17(21)15-11-22-9-8-18-15/h2-7,10,15,18H,8-9,11H2,1H3,(H,20,21). The molecule has 1 unspecified atom stereocenters. The summed E-state index contributed by atoms with van der Waals surface area (Å²) in [4.78, 5) is 16.3. The van der Waals surface area contributed by atoms with Crippen LogP contribution in [0.5, 0.6) is 11.6 Å². The van der Waals surface area contributed by atoms with Gasteiger partial charge in [0.1, 0.15) is 11.8 Å². The third kappa shape index (κ3) is 4.28. The molecule has 0 saturated carbocycles. The summed E-state index contributed by atoms with van der Waals surface area (Å²) in [5.41, 5.74) is 1.79. The van der Waals surface area contributed by atoms with Gasteiger partial charge in [-0.25, -0.2) is 4.98 Å². The quantitative estimate of drug-likeness (QED) is 0.904. The van der Waals surface area contributed by atoms with Crippen molar-refractivity contribution in [2.45, 2.75) is 13.0 Å². The number of aryl methyl sites for hydroxylation is 1. The van der Waals surface area contributed by atoms with Crippen LogP contribution in [0.4, 0.5) is 5.69 Å². The van der Waals surface area contributed by atoms with Gasteiger partial charge in [0.25, 0.3) is 0 Å². The lowest BCUT2D eigenvalue weighted by Crippen LogP contribution is -2.48. The van der Waals surface area contributed by atoms with Crippen LogP contribution >= 0.6 is 0 Å². The molecule has 1 fully saturated rings. The third-order valence-corrected chi connectivity index (χ3v) is 3.49. The molecule has 1 amide bonds. The fourth-order valence-electron chi connectivity index (χ4n) is 2.20. The summed E-state index contributed by atoms with van der Waals surface area (Å²) >= 11 is 0. The molecular weight excluding hydrogens is 294 g/mol. The number of carbonyl (C=O) groups is 1. The Labute approximate surface area is 134 Å². The zero-order valence-electron chi connectivity index (χ0n) is 12.9. The normalized spacial score (nSPS) is 17.5. The van der Waals surface area contributed by atoms with Gasteiger partial charge in [-0.15, -0.1) is 0 Å². The molecule has 1 aliphatic heterocycles. The van der Waals surface area contributed by atoms with Crippen LogP contribution in [-0.4, -0.2) is 36.7 Å². The Morgan fingerprint density at radius 3 is 2.78 bits per heavy atom. The molecule has 2 heterocycles. The van der Waals surface area contributed by atoms with Crippen molar-refractivity contribution in [3.8, 4) is 11.6 Å². The van der Waals surface area contributed by atoms with E-state index in [0.29, 0.717) is 31.3 Å². The van der Waals surface area contributed by atoms with Gasteiger partial charge in [-0.05, 0) is 25.1 Å². The van der Waals surface area contributed by atoms with Gasteiger partial charge in [-0.1, -0.05) is 17.7 Å². The van der Waals surface area contributed by atoms with Crippen molar-refractivity contribution < 1.29 is 14.3 Å². The lowest BCUT2D eigenvalue weighted by molar-refractivity contribution is -0.120. The summed E-state index contributed by atoms with van der Waals surface area (Å²) in [6.45, 7) is 3.72. The number of benzene rings is 1. The van der Waals surface area contributed by atoms with Gasteiger partial charge in [0.05, 0.1) is 25.1 Å². The van der Waals surface area contributed by atoms with Crippen molar-refractivity contribution in [1.29, 1.82) is 0 Å². The lowest BCUT2D eigenvalue weighted by atomic mass is 10.2. The number of carbonyl (C=O) groups excluding carboxylic acids is 1. The van der Waals surface area contributed by atoms with Crippen molar-refractivity contribution in [3.05, 3.63) is 48.2 Å². The summed E-state index contributed by atoms with van der Waals surface area (Å²) in [7, 11) is 0. The number of amides is 1. The number of nitrogens with one attached hydrogen (secondary N) is 2. The van der Waals surface area contributed by atoms with Crippen LogP contribution in [0.1, 0.15) is 5.56 Å². The first-order chi connectivity index (χ1) is 11.2. The topological polar surface area (TPSA) is 72.5 Å². The Morgan fingerprint density at radius 2 is 2.13 bits per heavy atom. The van der Waals surface area contributed by atoms with E-state index < -0.39 is 0 Å². The average molecular weight is 313 g/mol. The van der Waals surface area contributed by atoms with Gasteiger partial charge >= 0.3 is 0 Å². The molecule has 6 heteroatoms. The summed E-state index contributed by atoms with van der Waals surface area (Å²) < 4.78 is 10.9. The lowest BCUT2D eigenvalue weighted by Gasteiger charge is -2.22. The summed E-state index contributed by atoms with van der Waals surface area (Å²) in [5.74, 6) is 1.08. The highest BCUT2D eigenvalue weighted by Crippen LogP contribution is 2.20. The molecule has 1 aromatic heterocycles. The molecule has 23 heavy (non-hydrogen) atoms. The van der Waals surface area contributed by atoms with Crippen molar-refractivity contribution >= 4 is 11.6 Å². The van der Waals surface area contributed by atoms with E-state index in [0.717, 1.165) is 5.75 Å². The molecule has 120 valence electrons. The van der Waals surface area contributed by atoms with Gasteiger partial charge in [0.2, 0.25) is 11.8 Å². The molecule has 1 aromatic carbocycles. The predicted molar refractivity (Wildman–Crippen MR) is 86.7 cm³/mol. The molecule has 0 bridgehead atoms. The second kappa shape index (κ2) is 7.21.